The highest BCUT2D eigenvalue weighted by Crippen LogP contribution is 2.45. The van der Waals surface area contributed by atoms with E-state index in [1.807, 2.05) is 0 Å². The minimum absolute atomic E-state index is 0.0141. The van der Waals surface area contributed by atoms with Gasteiger partial charge in [0.1, 0.15) is 41.3 Å². The number of ether oxygens (including phenoxy) is 3. The summed E-state index contributed by atoms with van der Waals surface area (Å²) < 4.78 is 22.0. The molecule has 12 nitrogen and oxygen atoms in total. The van der Waals surface area contributed by atoms with E-state index in [1.165, 1.54) is 25.3 Å². The Hall–Kier alpha value is -3.55. The van der Waals surface area contributed by atoms with Crippen molar-refractivity contribution in [3.8, 4) is 45.8 Å². The topological polar surface area (TPSA) is 201 Å². The molecule has 34 heavy (non-hydrogen) atoms. The summed E-state index contributed by atoms with van der Waals surface area (Å²) in [6.45, 7) is -0.678. The number of hydrogen-bond donors (Lipinski definition) is 8. The standard InChI is InChI=1S/C22H22O12/c1-31-14-3-8(2-12(26)17(14)27)21-15(6-10-11(25)4-9(24)5-13(10)32-21)33-22-20(30)19(29)18(28)16(7-23)34-22/h2-6,16,18-20,22-23,28-30H,7H2,1H3,(H3-,24,25,26,27)/p+1/t16-,18+,19-,20+,22+/m0/s1. The first-order valence-electron chi connectivity index (χ1n) is 10.0. The fourth-order valence-corrected chi connectivity index (χ4v) is 3.64. The fraction of sp³-hybridized carbons (Fsp3) is 0.318. The van der Waals surface area contributed by atoms with Crippen molar-refractivity contribution < 1.29 is 59.5 Å². The van der Waals surface area contributed by atoms with Crippen LogP contribution in [0.4, 0.5) is 0 Å². The van der Waals surface area contributed by atoms with Gasteiger partial charge in [-0.1, -0.05) is 0 Å². The van der Waals surface area contributed by atoms with E-state index < -0.39 is 48.8 Å². The average molecular weight is 479 g/mol. The number of hydrogen-bond acceptors (Lipinski definition) is 11. The third-order valence-corrected chi connectivity index (χ3v) is 5.44. The van der Waals surface area contributed by atoms with Crippen LogP contribution in [-0.4, -0.2) is 85.3 Å². The van der Waals surface area contributed by atoms with Crippen LogP contribution < -0.4 is 9.47 Å². The molecule has 1 saturated heterocycles. The highest BCUT2D eigenvalue weighted by atomic mass is 16.7. The number of benzene rings is 2. The van der Waals surface area contributed by atoms with Gasteiger partial charge in [0.15, 0.2) is 11.5 Å². The molecule has 0 spiro atoms. The van der Waals surface area contributed by atoms with Gasteiger partial charge in [-0.2, -0.15) is 0 Å². The second kappa shape index (κ2) is 9.00. The van der Waals surface area contributed by atoms with Crippen molar-refractivity contribution in [2.75, 3.05) is 13.7 Å². The van der Waals surface area contributed by atoms with Crippen molar-refractivity contribution in [3.63, 3.8) is 0 Å². The normalized spacial score (nSPS) is 24.8. The van der Waals surface area contributed by atoms with E-state index in [9.17, 15) is 40.9 Å². The van der Waals surface area contributed by atoms with Gasteiger partial charge in [-0.25, -0.2) is 4.42 Å². The molecule has 1 aliphatic heterocycles. The first-order chi connectivity index (χ1) is 16.1. The molecule has 1 aromatic heterocycles. The van der Waals surface area contributed by atoms with Crippen LogP contribution in [0.1, 0.15) is 0 Å². The number of aromatic hydroxyl groups is 4. The Balaban J connectivity index is 1.87. The SMILES string of the molecule is COc1cc(-c2[o+]c3cc(O)cc(O)c3cc2O[C@@H]2O[C@@H](CO)[C@@H](O)[C@H](O)[C@H]2O)cc(O)c1O. The number of aliphatic hydroxyl groups is 4. The molecule has 0 radical (unpaired) electrons. The number of phenols is 4. The minimum Gasteiger partial charge on any atom is -0.507 e. The number of aliphatic hydroxyl groups excluding tert-OH is 4. The Kier molecular flexibility index (Phi) is 6.25. The predicted molar refractivity (Wildman–Crippen MR) is 114 cm³/mol. The molecule has 1 fully saturated rings. The van der Waals surface area contributed by atoms with E-state index in [-0.39, 0.29) is 45.3 Å². The van der Waals surface area contributed by atoms with Gasteiger partial charge in [-0.3, -0.25) is 0 Å². The molecule has 1 aliphatic rings. The third kappa shape index (κ3) is 4.08. The van der Waals surface area contributed by atoms with Crippen LogP contribution in [0.25, 0.3) is 22.3 Å². The Labute approximate surface area is 191 Å². The van der Waals surface area contributed by atoms with Gasteiger partial charge in [0.2, 0.25) is 17.8 Å². The third-order valence-electron chi connectivity index (χ3n) is 5.44. The van der Waals surface area contributed by atoms with Crippen LogP contribution in [0.2, 0.25) is 0 Å². The van der Waals surface area contributed by atoms with Gasteiger partial charge >= 0.3 is 11.3 Å². The first kappa shape index (κ1) is 23.6. The Morgan fingerprint density at radius 3 is 2.29 bits per heavy atom. The number of rotatable bonds is 5. The van der Waals surface area contributed by atoms with E-state index in [4.69, 9.17) is 18.6 Å². The highest BCUT2D eigenvalue weighted by molar-refractivity contribution is 5.88. The van der Waals surface area contributed by atoms with Crippen LogP contribution in [0.15, 0.2) is 34.7 Å². The smallest absolute Gasteiger partial charge is 0.402 e. The maximum Gasteiger partial charge on any atom is 0.402 e. The largest absolute Gasteiger partial charge is 0.507 e. The minimum atomic E-state index is -1.74. The summed E-state index contributed by atoms with van der Waals surface area (Å²) in [5, 5.41) is 80.1. The van der Waals surface area contributed by atoms with Crippen LogP contribution in [0.3, 0.4) is 0 Å². The molecule has 0 unspecified atom stereocenters. The fourth-order valence-electron chi connectivity index (χ4n) is 3.64. The van der Waals surface area contributed by atoms with Crippen LogP contribution in [-0.2, 0) is 4.74 Å². The monoisotopic (exact) mass is 479 g/mol. The lowest BCUT2D eigenvalue weighted by atomic mass is 9.99. The molecule has 12 heteroatoms. The molecule has 0 aliphatic carbocycles. The molecule has 3 aromatic rings. The van der Waals surface area contributed by atoms with Gasteiger partial charge in [0, 0.05) is 24.3 Å². The van der Waals surface area contributed by atoms with Crippen molar-refractivity contribution in [3.05, 3.63) is 30.3 Å². The lowest BCUT2D eigenvalue weighted by Gasteiger charge is -2.39. The molecular weight excluding hydrogens is 456 g/mol. The summed E-state index contributed by atoms with van der Waals surface area (Å²) >= 11 is 0. The second-order valence-electron chi connectivity index (χ2n) is 7.68. The summed E-state index contributed by atoms with van der Waals surface area (Å²) in [5.74, 6) is -2.12. The number of phenolic OH excluding ortho intramolecular Hbond substituents is 4. The van der Waals surface area contributed by atoms with Crippen molar-refractivity contribution in [2.24, 2.45) is 0 Å². The number of methoxy groups -OCH3 is 1. The lowest BCUT2D eigenvalue weighted by molar-refractivity contribution is -0.277. The van der Waals surface area contributed by atoms with Crippen molar-refractivity contribution in [1.29, 1.82) is 0 Å². The molecule has 4 rings (SSSR count). The van der Waals surface area contributed by atoms with Crippen LogP contribution in [0.5, 0.6) is 34.5 Å². The molecule has 5 atom stereocenters. The molecule has 2 heterocycles. The molecule has 0 amide bonds. The van der Waals surface area contributed by atoms with Gasteiger partial charge in [-0.05, 0) is 0 Å². The molecule has 0 saturated carbocycles. The maximum absolute atomic E-state index is 10.4. The lowest BCUT2D eigenvalue weighted by Crippen LogP contribution is -2.60. The number of fused-ring (bicyclic) bond motifs is 1. The quantitative estimate of drug-likeness (QED) is 0.185. The zero-order valence-corrected chi connectivity index (χ0v) is 17.7. The summed E-state index contributed by atoms with van der Waals surface area (Å²) in [4.78, 5) is 0. The first-order valence-corrected chi connectivity index (χ1v) is 10.0. The molecular formula is C22H23O12+. The van der Waals surface area contributed by atoms with E-state index >= 15 is 0 Å². The molecule has 182 valence electrons. The summed E-state index contributed by atoms with van der Waals surface area (Å²) in [5.41, 5.74) is 0.136. The summed E-state index contributed by atoms with van der Waals surface area (Å²) in [6, 6.07) is 6.01. The van der Waals surface area contributed by atoms with Gasteiger partial charge < -0.3 is 55.1 Å². The maximum atomic E-state index is 10.4. The van der Waals surface area contributed by atoms with Crippen molar-refractivity contribution in [1.82, 2.24) is 0 Å². The average Bonchev–Trinajstić information content (AvgIpc) is 2.81. The van der Waals surface area contributed by atoms with Crippen LogP contribution in [0, 0.1) is 0 Å². The Morgan fingerprint density at radius 1 is 0.882 bits per heavy atom. The van der Waals surface area contributed by atoms with E-state index in [0.29, 0.717) is 0 Å². The molecule has 2 aromatic carbocycles. The molecule has 0 bridgehead atoms. The highest BCUT2D eigenvalue weighted by Gasteiger charge is 2.45. The van der Waals surface area contributed by atoms with E-state index in [0.717, 1.165) is 12.1 Å². The Bertz CT molecular complexity index is 1210. The second-order valence-corrected chi connectivity index (χ2v) is 7.68. The Morgan fingerprint density at radius 2 is 1.62 bits per heavy atom. The zero-order chi connectivity index (χ0) is 24.7. The summed E-state index contributed by atoms with van der Waals surface area (Å²) in [6.07, 6.45) is -7.88. The van der Waals surface area contributed by atoms with E-state index in [1.54, 1.807) is 0 Å². The van der Waals surface area contributed by atoms with Gasteiger partial charge in [0.25, 0.3) is 0 Å². The zero-order valence-electron chi connectivity index (χ0n) is 17.7. The molecule has 8 N–H and O–H groups in total. The van der Waals surface area contributed by atoms with Crippen molar-refractivity contribution in [2.45, 2.75) is 30.7 Å². The van der Waals surface area contributed by atoms with Crippen LogP contribution >= 0.6 is 0 Å². The summed E-state index contributed by atoms with van der Waals surface area (Å²) in [7, 11) is 1.26. The van der Waals surface area contributed by atoms with Crippen molar-refractivity contribution >= 4 is 11.0 Å². The van der Waals surface area contributed by atoms with Gasteiger partial charge in [-0.15, -0.1) is 0 Å². The van der Waals surface area contributed by atoms with Gasteiger partial charge in [0.05, 0.1) is 25.3 Å². The van der Waals surface area contributed by atoms with E-state index in [2.05, 4.69) is 0 Å². The predicted octanol–water partition coefficient (Wildman–Crippen LogP) is 0.391.